The highest BCUT2D eigenvalue weighted by atomic mass is 19.1. The van der Waals surface area contributed by atoms with Gasteiger partial charge in [-0.2, -0.15) is 0 Å². The number of rotatable bonds is 7. The number of carbonyl (C=O) groups excluding carboxylic acids is 3. The molecule has 2 amide bonds. The van der Waals surface area contributed by atoms with E-state index in [2.05, 4.69) is 10.6 Å². The molecular weight excluding hydrogens is 363 g/mol. The summed E-state index contributed by atoms with van der Waals surface area (Å²) in [6.45, 7) is 3.98. The van der Waals surface area contributed by atoms with Crippen molar-refractivity contribution in [3.8, 4) is 0 Å². The smallest absolute Gasteiger partial charge is 0.338 e. The van der Waals surface area contributed by atoms with E-state index < -0.39 is 11.8 Å². The van der Waals surface area contributed by atoms with E-state index in [0.717, 1.165) is 11.1 Å². The summed E-state index contributed by atoms with van der Waals surface area (Å²) in [5.74, 6) is -1.41. The molecule has 2 aromatic rings. The fourth-order valence-corrected chi connectivity index (χ4v) is 2.63. The van der Waals surface area contributed by atoms with Gasteiger partial charge in [0, 0.05) is 24.2 Å². The van der Waals surface area contributed by atoms with Crippen LogP contribution in [0.25, 0.3) is 0 Å². The van der Waals surface area contributed by atoms with Gasteiger partial charge >= 0.3 is 5.97 Å². The standard InChI is InChI=1S/C21H23FN2O4/c1-13-11-17(12-18(14(13)2)21(27)28-3)24-19(25)5-4-10-23-20(26)15-6-8-16(22)9-7-15/h6-9,11-12H,4-5,10H2,1-3H3,(H,23,26)(H,24,25). The molecule has 0 radical (unpaired) electrons. The summed E-state index contributed by atoms with van der Waals surface area (Å²) >= 11 is 0. The summed E-state index contributed by atoms with van der Waals surface area (Å²) in [7, 11) is 1.31. The summed E-state index contributed by atoms with van der Waals surface area (Å²) in [5, 5.41) is 5.44. The largest absolute Gasteiger partial charge is 0.465 e. The summed E-state index contributed by atoms with van der Waals surface area (Å²) < 4.78 is 17.6. The molecule has 0 saturated carbocycles. The fourth-order valence-electron chi connectivity index (χ4n) is 2.63. The van der Waals surface area contributed by atoms with Gasteiger partial charge in [-0.3, -0.25) is 9.59 Å². The van der Waals surface area contributed by atoms with Crippen molar-refractivity contribution in [2.45, 2.75) is 26.7 Å². The second kappa shape index (κ2) is 9.64. The third kappa shape index (κ3) is 5.64. The molecule has 0 atom stereocenters. The van der Waals surface area contributed by atoms with Crippen molar-refractivity contribution in [2.24, 2.45) is 0 Å². The van der Waals surface area contributed by atoms with Crippen molar-refractivity contribution < 1.29 is 23.5 Å². The molecule has 0 bridgehead atoms. The van der Waals surface area contributed by atoms with Crippen LogP contribution in [0.5, 0.6) is 0 Å². The van der Waals surface area contributed by atoms with Gasteiger partial charge in [0.1, 0.15) is 5.82 Å². The normalized spacial score (nSPS) is 10.3. The van der Waals surface area contributed by atoms with E-state index in [1.807, 2.05) is 13.8 Å². The number of hydrogen-bond donors (Lipinski definition) is 2. The summed E-state index contributed by atoms with van der Waals surface area (Å²) in [5.41, 5.74) is 2.95. The molecule has 2 rings (SSSR count). The van der Waals surface area contributed by atoms with E-state index in [9.17, 15) is 18.8 Å². The Morgan fingerprint density at radius 2 is 1.75 bits per heavy atom. The molecule has 6 nitrogen and oxygen atoms in total. The quantitative estimate of drug-likeness (QED) is 0.564. The number of amides is 2. The first-order valence-corrected chi connectivity index (χ1v) is 8.85. The molecule has 0 aliphatic rings. The van der Waals surface area contributed by atoms with E-state index in [-0.39, 0.29) is 18.2 Å². The zero-order valence-electron chi connectivity index (χ0n) is 16.1. The number of esters is 1. The van der Waals surface area contributed by atoms with Gasteiger partial charge in [0.15, 0.2) is 0 Å². The highest BCUT2D eigenvalue weighted by Gasteiger charge is 2.14. The average molecular weight is 386 g/mol. The third-order valence-corrected chi connectivity index (χ3v) is 4.33. The van der Waals surface area contributed by atoms with Gasteiger partial charge in [-0.05, 0) is 67.8 Å². The average Bonchev–Trinajstić information content (AvgIpc) is 2.67. The topological polar surface area (TPSA) is 84.5 Å². The van der Waals surface area contributed by atoms with Gasteiger partial charge in [0.25, 0.3) is 5.91 Å². The zero-order chi connectivity index (χ0) is 20.7. The Balaban J connectivity index is 1.84. The minimum absolute atomic E-state index is 0.199. The number of methoxy groups -OCH3 is 1. The lowest BCUT2D eigenvalue weighted by Crippen LogP contribution is -2.25. The summed E-state index contributed by atoms with van der Waals surface area (Å²) in [6.07, 6.45) is 0.637. The van der Waals surface area contributed by atoms with Crippen LogP contribution in [0.3, 0.4) is 0 Å². The van der Waals surface area contributed by atoms with Gasteiger partial charge < -0.3 is 15.4 Å². The van der Waals surface area contributed by atoms with Gasteiger partial charge in [-0.15, -0.1) is 0 Å². The molecule has 2 N–H and O–H groups in total. The van der Waals surface area contributed by atoms with E-state index in [4.69, 9.17) is 4.74 Å². The number of aryl methyl sites for hydroxylation is 1. The first kappa shape index (κ1) is 21.1. The van der Waals surface area contributed by atoms with Crippen molar-refractivity contribution >= 4 is 23.5 Å². The molecule has 0 aliphatic heterocycles. The maximum absolute atomic E-state index is 12.9. The molecule has 28 heavy (non-hydrogen) atoms. The number of halogens is 1. The molecule has 148 valence electrons. The number of anilines is 1. The number of nitrogens with one attached hydrogen (secondary N) is 2. The van der Waals surface area contributed by atoms with Crippen LogP contribution in [0, 0.1) is 19.7 Å². The van der Waals surface area contributed by atoms with Crippen LogP contribution in [0.15, 0.2) is 36.4 Å². The minimum Gasteiger partial charge on any atom is -0.465 e. The Bertz CT molecular complexity index is 879. The molecule has 0 unspecified atom stereocenters. The van der Waals surface area contributed by atoms with E-state index >= 15 is 0 Å². The third-order valence-electron chi connectivity index (χ3n) is 4.33. The van der Waals surface area contributed by atoms with Crippen molar-refractivity contribution in [3.05, 3.63) is 64.5 Å². The highest BCUT2D eigenvalue weighted by Crippen LogP contribution is 2.21. The van der Waals surface area contributed by atoms with Gasteiger partial charge in [-0.25, -0.2) is 9.18 Å². The van der Waals surface area contributed by atoms with Crippen molar-refractivity contribution in [1.29, 1.82) is 0 Å². The van der Waals surface area contributed by atoms with Crippen LogP contribution in [0.2, 0.25) is 0 Å². The molecule has 0 heterocycles. The second-order valence-electron chi connectivity index (χ2n) is 6.37. The van der Waals surface area contributed by atoms with Crippen molar-refractivity contribution in [1.82, 2.24) is 5.32 Å². The Labute approximate surface area is 163 Å². The van der Waals surface area contributed by atoms with E-state index in [1.54, 1.807) is 12.1 Å². The predicted molar refractivity (Wildman–Crippen MR) is 104 cm³/mol. The molecule has 0 spiro atoms. The minimum atomic E-state index is -0.458. The highest BCUT2D eigenvalue weighted by molar-refractivity contribution is 5.96. The molecule has 0 saturated heterocycles. The zero-order valence-corrected chi connectivity index (χ0v) is 16.1. The Morgan fingerprint density at radius 1 is 1.07 bits per heavy atom. The lowest BCUT2D eigenvalue weighted by molar-refractivity contribution is -0.116. The number of hydrogen-bond acceptors (Lipinski definition) is 4. The van der Waals surface area contributed by atoms with Crippen LogP contribution in [0.1, 0.15) is 44.7 Å². The van der Waals surface area contributed by atoms with Crippen LogP contribution < -0.4 is 10.6 Å². The monoisotopic (exact) mass is 386 g/mol. The lowest BCUT2D eigenvalue weighted by atomic mass is 10.0. The lowest BCUT2D eigenvalue weighted by Gasteiger charge is -2.12. The first-order valence-electron chi connectivity index (χ1n) is 8.85. The molecule has 7 heteroatoms. The number of carbonyl (C=O) groups is 3. The predicted octanol–water partition coefficient (Wildman–Crippen LogP) is 3.38. The second-order valence-corrected chi connectivity index (χ2v) is 6.37. The molecule has 0 fully saturated rings. The van der Waals surface area contributed by atoms with Crippen LogP contribution in [-0.2, 0) is 9.53 Å². The maximum Gasteiger partial charge on any atom is 0.338 e. The maximum atomic E-state index is 12.9. The number of benzene rings is 2. The van der Waals surface area contributed by atoms with Gasteiger partial charge in [-0.1, -0.05) is 0 Å². The van der Waals surface area contributed by atoms with Crippen LogP contribution in [0.4, 0.5) is 10.1 Å². The van der Waals surface area contributed by atoms with Crippen LogP contribution in [-0.4, -0.2) is 31.4 Å². The molecule has 2 aromatic carbocycles. The SMILES string of the molecule is COC(=O)c1cc(NC(=O)CCCNC(=O)c2ccc(F)cc2)cc(C)c1C. The Hall–Kier alpha value is -3.22. The Morgan fingerprint density at radius 3 is 2.39 bits per heavy atom. The number of ether oxygens (including phenoxy) is 1. The van der Waals surface area contributed by atoms with Crippen LogP contribution >= 0.6 is 0 Å². The van der Waals surface area contributed by atoms with Crippen molar-refractivity contribution in [2.75, 3.05) is 19.0 Å². The van der Waals surface area contributed by atoms with Gasteiger partial charge in [0.05, 0.1) is 12.7 Å². The molecular formula is C21H23FN2O4. The summed E-state index contributed by atoms with van der Waals surface area (Å²) in [4.78, 5) is 35.9. The Kier molecular flexibility index (Phi) is 7.26. The van der Waals surface area contributed by atoms with E-state index in [0.29, 0.717) is 29.8 Å². The van der Waals surface area contributed by atoms with Gasteiger partial charge in [0.2, 0.25) is 5.91 Å². The first-order chi connectivity index (χ1) is 13.3. The van der Waals surface area contributed by atoms with Crippen molar-refractivity contribution in [3.63, 3.8) is 0 Å². The summed E-state index contributed by atoms with van der Waals surface area (Å²) in [6, 6.07) is 8.60. The molecule has 0 aromatic heterocycles. The van der Waals surface area contributed by atoms with E-state index in [1.165, 1.54) is 31.4 Å². The fraction of sp³-hybridized carbons (Fsp3) is 0.286. The molecule has 0 aliphatic carbocycles.